The molecule has 0 atom stereocenters. The summed E-state index contributed by atoms with van der Waals surface area (Å²) >= 11 is 0. The normalized spacial score (nSPS) is 15.0. The molecule has 0 saturated heterocycles. The van der Waals surface area contributed by atoms with Crippen molar-refractivity contribution in [3.05, 3.63) is 39.2 Å². The molecule has 0 unspecified atom stereocenters. The van der Waals surface area contributed by atoms with E-state index in [0.29, 0.717) is 12.8 Å². The van der Waals surface area contributed by atoms with Gasteiger partial charge < -0.3 is 15.4 Å². The van der Waals surface area contributed by atoms with Crippen molar-refractivity contribution in [3.8, 4) is 0 Å². The lowest BCUT2D eigenvalue weighted by Crippen LogP contribution is -2.24. The molecule has 0 radical (unpaired) electrons. The molecule has 1 aliphatic rings. The molecule has 10 heteroatoms. The van der Waals surface area contributed by atoms with Gasteiger partial charge in [0.15, 0.2) is 11.6 Å². The summed E-state index contributed by atoms with van der Waals surface area (Å²) in [6, 6.07) is -0.545. The third kappa shape index (κ3) is 2.21. The maximum atomic E-state index is 13.9. The average Bonchev–Trinajstić information content (AvgIpc) is 3.27. The lowest BCUT2D eigenvalue weighted by Gasteiger charge is -2.19. The van der Waals surface area contributed by atoms with Crippen molar-refractivity contribution < 1.29 is 31.9 Å². The van der Waals surface area contributed by atoms with Gasteiger partial charge in [0.1, 0.15) is 11.1 Å². The number of fused-ring (bicyclic) bond motifs is 1. The Balaban J connectivity index is 2.65. The van der Waals surface area contributed by atoms with Crippen LogP contribution in [0.3, 0.4) is 0 Å². The van der Waals surface area contributed by atoms with Crippen molar-refractivity contribution in [1.29, 1.82) is 0 Å². The maximum Gasteiger partial charge on any atom is 0.421 e. The Morgan fingerprint density at radius 3 is 2.29 bits per heavy atom. The number of anilines is 1. The first kappa shape index (κ1) is 16.2. The van der Waals surface area contributed by atoms with Gasteiger partial charge in [-0.25, -0.2) is 13.6 Å². The van der Waals surface area contributed by atoms with Crippen LogP contribution in [0.2, 0.25) is 0 Å². The molecule has 0 amide bonds. The molecule has 1 saturated carbocycles. The van der Waals surface area contributed by atoms with Crippen molar-refractivity contribution in [3.63, 3.8) is 0 Å². The van der Waals surface area contributed by atoms with Crippen LogP contribution in [0.4, 0.5) is 27.6 Å². The molecule has 1 heterocycles. The van der Waals surface area contributed by atoms with Gasteiger partial charge in [-0.15, -0.1) is 0 Å². The number of carboxylic acid groups (broad SMARTS) is 1. The Labute approximate surface area is 130 Å². The van der Waals surface area contributed by atoms with E-state index in [-0.39, 0.29) is 0 Å². The van der Waals surface area contributed by atoms with Gasteiger partial charge in [-0.05, 0) is 12.8 Å². The van der Waals surface area contributed by atoms with Crippen LogP contribution < -0.4 is 11.2 Å². The van der Waals surface area contributed by atoms with Crippen LogP contribution >= 0.6 is 0 Å². The number of nitrogens with two attached hydrogens (primary N) is 1. The number of rotatable bonds is 2. The van der Waals surface area contributed by atoms with E-state index in [1.807, 2.05) is 0 Å². The van der Waals surface area contributed by atoms with Gasteiger partial charge in [0.25, 0.3) is 0 Å². The zero-order valence-electron chi connectivity index (χ0n) is 11.7. The summed E-state index contributed by atoms with van der Waals surface area (Å²) in [7, 11) is 0. The molecule has 1 aliphatic carbocycles. The van der Waals surface area contributed by atoms with Gasteiger partial charge in [0.05, 0.1) is 16.6 Å². The Morgan fingerprint density at radius 2 is 1.83 bits per heavy atom. The molecule has 0 spiro atoms. The summed E-state index contributed by atoms with van der Waals surface area (Å²) in [5.41, 5.74) is -0.993. The molecule has 3 N–H and O–H groups in total. The summed E-state index contributed by atoms with van der Waals surface area (Å²) in [5, 5.41) is 8.07. The number of carbonyl (C=O) groups is 1. The highest BCUT2D eigenvalue weighted by atomic mass is 19.4. The first-order chi connectivity index (χ1) is 11.1. The molecule has 128 valence electrons. The molecule has 1 aromatic heterocycles. The van der Waals surface area contributed by atoms with Crippen molar-refractivity contribution in [1.82, 2.24) is 4.57 Å². The largest absolute Gasteiger partial charge is 0.477 e. The highest BCUT2D eigenvalue weighted by Crippen LogP contribution is 2.44. The third-order valence-corrected chi connectivity index (χ3v) is 3.84. The molecular weight excluding hydrogens is 339 g/mol. The minimum atomic E-state index is -5.30. The van der Waals surface area contributed by atoms with E-state index >= 15 is 0 Å². The minimum Gasteiger partial charge on any atom is -0.477 e. The van der Waals surface area contributed by atoms with Crippen LogP contribution in [-0.4, -0.2) is 15.6 Å². The van der Waals surface area contributed by atoms with E-state index in [9.17, 15) is 31.5 Å². The molecule has 2 aromatic rings. The SMILES string of the molecule is Nc1c(F)c(F)c(C(F)(F)F)c2c1c(=O)c(C(=O)O)cn2C1CC1. The van der Waals surface area contributed by atoms with Gasteiger partial charge in [-0.3, -0.25) is 4.79 Å². The number of alkyl halides is 3. The standard InChI is InChI=1S/C14H9F5N2O3/c15-8-7(14(17,18)19)11-6(10(20)9(8)16)12(22)5(13(23)24)3-21(11)4-1-2-4/h3-4H,1-2,20H2,(H,23,24). The molecule has 1 aromatic carbocycles. The van der Waals surface area contributed by atoms with Crippen LogP contribution in [-0.2, 0) is 6.18 Å². The van der Waals surface area contributed by atoms with Crippen LogP contribution in [0.25, 0.3) is 10.9 Å². The number of nitrogens with zero attached hydrogens (tertiary/aromatic N) is 1. The Morgan fingerprint density at radius 1 is 1.25 bits per heavy atom. The van der Waals surface area contributed by atoms with Crippen LogP contribution in [0.5, 0.6) is 0 Å². The third-order valence-electron chi connectivity index (χ3n) is 3.84. The number of aromatic nitrogens is 1. The average molecular weight is 348 g/mol. The van der Waals surface area contributed by atoms with Crippen molar-refractivity contribution in [2.45, 2.75) is 25.1 Å². The highest BCUT2D eigenvalue weighted by molar-refractivity contribution is 5.99. The predicted molar refractivity (Wildman–Crippen MR) is 72.8 cm³/mol. The monoisotopic (exact) mass is 348 g/mol. The second-order valence-electron chi connectivity index (χ2n) is 5.45. The van der Waals surface area contributed by atoms with E-state index in [1.54, 1.807) is 0 Å². The molecule has 1 fully saturated rings. The summed E-state index contributed by atoms with van der Waals surface area (Å²) in [5.74, 6) is -5.95. The van der Waals surface area contributed by atoms with Gasteiger partial charge in [0, 0.05) is 12.2 Å². The smallest absolute Gasteiger partial charge is 0.421 e. The predicted octanol–water partition coefficient (Wildman–Crippen LogP) is 2.91. The number of hydrogen-bond donors (Lipinski definition) is 2. The summed E-state index contributed by atoms with van der Waals surface area (Å²) in [4.78, 5) is 23.4. The zero-order valence-corrected chi connectivity index (χ0v) is 11.7. The summed E-state index contributed by atoms with van der Waals surface area (Å²) < 4.78 is 68.4. The quantitative estimate of drug-likeness (QED) is 0.646. The summed E-state index contributed by atoms with van der Waals surface area (Å²) in [6.45, 7) is 0. The Kier molecular flexibility index (Phi) is 3.32. The number of halogens is 5. The van der Waals surface area contributed by atoms with Crippen LogP contribution in [0.1, 0.15) is 34.8 Å². The van der Waals surface area contributed by atoms with E-state index in [4.69, 9.17) is 10.8 Å². The molecule has 3 rings (SSSR count). The fourth-order valence-electron chi connectivity index (χ4n) is 2.63. The number of carboxylic acids is 1. The minimum absolute atomic E-state index is 0.410. The van der Waals surface area contributed by atoms with Crippen molar-refractivity contribution in [2.75, 3.05) is 5.73 Å². The number of aromatic carboxylic acids is 1. The van der Waals surface area contributed by atoms with Gasteiger partial charge in [0.2, 0.25) is 5.43 Å². The highest BCUT2D eigenvalue weighted by Gasteiger charge is 2.42. The Hall–Kier alpha value is -2.65. The lowest BCUT2D eigenvalue weighted by atomic mass is 10.0. The fourth-order valence-corrected chi connectivity index (χ4v) is 2.63. The van der Waals surface area contributed by atoms with Crippen molar-refractivity contribution in [2.24, 2.45) is 0 Å². The first-order valence-corrected chi connectivity index (χ1v) is 6.71. The first-order valence-electron chi connectivity index (χ1n) is 6.71. The number of benzene rings is 1. The van der Waals surface area contributed by atoms with Gasteiger partial charge in [-0.2, -0.15) is 13.2 Å². The molecular formula is C14H9F5N2O3. The van der Waals surface area contributed by atoms with Crippen LogP contribution in [0.15, 0.2) is 11.0 Å². The molecule has 5 nitrogen and oxygen atoms in total. The maximum absolute atomic E-state index is 13.9. The number of nitrogen functional groups attached to an aromatic ring is 1. The molecule has 24 heavy (non-hydrogen) atoms. The second kappa shape index (κ2) is 4.92. The second-order valence-corrected chi connectivity index (χ2v) is 5.45. The lowest BCUT2D eigenvalue weighted by molar-refractivity contribution is -0.139. The van der Waals surface area contributed by atoms with Crippen molar-refractivity contribution >= 4 is 22.6 Å². The zero-order chi connectivity index (χ0) is 18.0. The Bertz CT molecular complexity index is 945. The van der Waals surface area contributed by atoms with Gasteiger partial charge >= 0.3 is 12.1 Å². The van der Waals surface area contributed by atoms with E-state index in [1.165, 1.54) is 0 Å². The number of pyridine rings is 1. The van der Waals surface area contributed by atoms with E-state index in [2.05, 4.69) is 0 Å². The molecule has 0 bridgehead atoms. The van der Waals surface area contributed by atoms with E-state index in [0.717, 1.165) is 10.8 Å². The van der Waals surface area contributed by atoms with E-state index < -0.39 is 63.0 Å². The molecule has 0 aliphatic heterocycles. The fraction of sp³-hybridized carbons (Fsp3) is 0.286. The van der Waals surface area contributed by atoms with Crippen LogP contribution in [0, 0.1) is 11.6 Å². The van der Waals surface area contributed by atoms with Gasteiger partial charge in [-0.1, -0.05) is 0 Å². The topological polar surface area (TPSA) is 85.3 Å². The summed E-state index contributed by atoms with van der Waals surface area (Å²) in [6.07, 6.45) is -3.76. The number of hydrogen-bond acceptors (Lipinski definition) is 3.